The molecule has 0 saturated carbocycles. The third-order valence-electron chi connectivity index (χ3n) is 3.72. The largest absolute Gasteiger partial charge is 0.381 e. The van der Waals surface area contributed by atoms with Crippen molar-refractivity contribution in [2.75, 3.05) is 26.3 Å². The molecule has 0 aromatic rings. The maximum Gasteiger partial charge on any atom is 0.0494 e. The third-order valence-corrected chi connectivity index (χ3v) is 3.72. The highest BCUT2D eigenvalue weighted by Gasteiger charge is 2.15. The SMILES string of the molecule is CCOCC(C)C(C)CC(C)CNCCC(C)C. The van der Waals surface area contributed by atoms with Crippen molar-refractivity contribution in [2.45, 2.75) is 54.4 Å². The quantitative estimate of drug-likeness (QED) is 0.566. The molecule has 3 atom stereocenters. The maximum atomic E-state index is 5.51. The van der Waals surface area contributed by atoms with Crippen LogP contribution in [0.2, 0.25) is 0 Å². The summed E-state index contributed by atoms with van der Waals surface area (Å²) in [6.07, 6.45) is 2.58. The molecule has 0 rings (SSSR count). The second-order valence-electron chi connectivity index (χ2n) is 6.34. The lowest BCUT2D eigenvalue weighted by molar-refractivity contribution is 0.0912. The first-order valence-corrected chi connectivity index (χ1v) is 7.75. The number of rotatable bonds is 11. The molecule has 0 aromatic heterocycles. The van der Waals surface area contributed by atoms with E-state index in [9.17, 15) is 0 Å². The van der Waals surface area contributed by atoms with Crippen LogP contribution < -0.4 is 5.32 Å². The highest BCUT2D eigenvalue weighted by Crippen LogP contribution is 2.20. The standard InChI is InChI=1S/C16H35NO/c1-7-18-12-16(6)15(5)10-14(4)11-17-9-8-13(2)3/h13-17H,7-12H2,1-6H3. The van der Waals surface area contributed by atoms with E-state index < -0.39 is 0 Å². The van der Waals surface area contributed by atoms with Crippen LogP contribution in [-0.4, -0.2) is 26.3 Å². The van der Waals surface area contributed by atoms with Crippen molar-refractivity contribution < 1.29 is 4.74 Å². The molecule has 0 aromatic carbocycles. The summed E-state index contributed by atoms with van der Waals surface area (Å²) in [5.74, 6) is 2.98. The van der Waals surface area contributed by atoms with E-state index in [1.54, 1.807) is 0 Å². The third kappa shape index (κ3) is 9.90. The first kappa shape index (κ1) is 17.9. The van der Waals surface area contributed by atoms with Gasteiger partial charge in [0.2, 0.25) is 0 Å². The minimum absolute atomic E-state index is 0.670. The fourth-order valence-corrected chi connectivity index (χ4v) is 2.16. The zero-order valence-corrected chi connectivity index (χ0v) is 13.5. The van der Waals surface area contributed by atoms with Gasteiger partial charge in [0.1, 0.15) is 0 Å². The molecule has 0 heterocycles. The summed E-state index contributed by atoms with van der Waals surface area (Å²) >= 11 is 0. The molecule has 0 aliphatic rings. The Morgan fingerprint density at radius 1 is 1.00 bits per heavy atom. The van der Waals surface area contributed by atoms with Crippen LogP contribution >= 0.6 is 0 Å². The van der Waals surface area contributed by atoms with Gasteiger partial charge in [0.05, 0.1) is 0 Å². The van der Waals surface area contributed by atoms with Crippen molar-refractivity contribution in [2.24, 2.45) is 23.7 Å². The van der Waals surface area contributed by atoms with Gasteiger partial charge in [-0.3, -0.25) is 0 Å². The summed E-state index contributed by atoms with van der Waals surface area (Å²) in [4.78, 5) is 0. The second kappa shape index (κ2) is 10.8. The van der Waals surface area contributed by atoms with E-state index in [4.69, 9.17) is 4.74 Å². The normalized spacial score (nSPS) is 16.8. The van der Waals surface area contributed by atoms with Gasteiger partial charge >= 0.3 is 0 Å². The average Bonchev–Trinajstić information content (AvgIpc) is 2.31. The van der Waals surface area contributed by atoms with E-state index in [1.807, 2.05) is 0 Å². The molecule has 0 amide bonds. The van der Waals surface area contributed by atoms with Gasteiger partial charge in [-0.2, -0.15) is 0 Å². The van der Waals surface area contributed by atoms with Crippen LogP contribution in [0.4, 0.5) is 0 Å². The smallest absolute Gasteiger partial charge is 0.0494 e. The Bertz CT molecular complexity index is 182. The molecule has 0 aliphatic heterocycles. The van der Waals surface area contributed by atoms with Gasteiger partial charge in [-0.25, -0.2) is 0 Å². The summed E-state index contributed by atoms with van der Waals surface area (Å²) in [6.45, 7) is 17.7. The minimum atomic E-state index is 0.670. The molecule has 0 spiro atoms. The van der Waals surface area contributed by atoms with Crippen molar-refractivity contribution in [1.29, 1.82) is 0 Å². The molecular formula is C16H35NO. The van der Waals surface area contributed by atoms with Crippen molar-refractivity contribution in [3.05, 3.63) is 0 Å². The number of hydrogen-bond donors (Lipinski definition) is 1. The molecule has 2 heteroatoms. The van der Waals surface area contributed by atoms with Crippen LogP contribution in [-0.2, 0) is 4.74 Å². The number of hydrogen-bond acceptors (Lipinski definition) is 2. The zero-order valence-electron chi connectivity index (χ0n) is 13.5. The van der Waals surface area contributed by atoms with Crippen molar-refractivity contribution in [3.63, 3.8) is 0 Å². The molecule has 0 aliphatic carbocycles. The number of ether oxygens (including phenoxy) is 1. The summed E-state index contributed by atoms with van der Waals surface area (Å²) < 4.78 is 5.51. The maximum absolute atomic E-state index is 5.51. The molecule has 1 N–H and O–H groups in total. The molecule has 0 radical (unpaired) electrons. The summed E-state index contributed by atoms with van der Waals surface area (Å²) in [7, 11) is 0. The lowest BCUT2D eigenvalue weighted by atomic mass is 9.88. The van der Waals surface area contributed by atoms with Crippen LogP contribution in [0.1, 0.15) is 54.4 Å². The van der Waals surface area contributed by atoms with Crippen molar-refractivity contribution in [3.8, 4) is 0 Å². The van der Waals surface area contributed by atoms with E-state index in [2.05, 4.69) is 46.9 Å². The summed E-state index contributed by atoms with van der Waals surface area (Å²) in [5, 5.41) is 3.57. The van der Waals surface area contributed by atoms with Gasteiger partial charge in [-0.15, -0.1) is 0 Å². The lowest BCUT2D eigenvalue weighted by Crippen LogP contribution is -2.26. The molecule has 0 saturated heterocycles. The minimum Gasteiger partial charge on any atom is -0.381 e. The zero-order chi connectivity index (χ0) is 14.0. The van der Waals surface area contributed by atoms with E-state index in [-0.39, 0.29) is 0 Å². The predicted molar refractivity (Wildman–Crippen MR) is 80.9 cm³/mol. The van der Waals surface area contributed by atoms with Gasteiger partial charge in [0, 0.05) is 13.2 Å². The molecule has 0 bridgehead atoms. The van der Waals surface area contributed by atoms with E-state index >= 15 is 0 Å². The van der Waals surface area contributed by atoms with Crippen molar-refractivity contribution >= 4 is 0 Å². The van der Waals surface area contributed by atoms with Crippen LogP contribution in [0.15, 0.2) is 0 Å². The first-order valence-electron chi connectivity index (χ1n) is 7.75. The molecule has 2 nitrogen and oxygen atoms in total. The second-order valence-corrected chi connectivity index (χ2v) is 6.34. The Balaban J connectivity index is 3.62. The van der Waals surface area contributed by atoms with E-state index in [1.165, 1.54) is 12.8 Å². The van der Waals surface area contributed by atoms with Gasteiger partial charge in [-0.1, -0.05) is 34.6 Å². The molecule has 110 valence electrons. The highest BCUT2D eigenvalue weighted by atomic mass is 16.5. The Labute approximate surface area is 115 Å². The Kier molecular flexibility index (Phi) is 10.8. The van der Waals surface area contributed by atoms with Gasteiger partial charge in [-0.05, 0) is 56.5 Å². The van der Waals surface area contributed by atoms with Gasteiger partial charge in [0.15, 0.2) is 0 Å². The van der Waals surface area contributed by atoms with E-state index in [0.717, 1.165) is 44.1 Å². The summed E-state index contributed by atoms with van der Waals surface area (Å²) in [6, 6.07) is 0. The average molecular weight is 257 g/mol. The molecular weight excluding hydrogens is 222 g/mol. The fraction of sp³-hybridized carbons (Fsp3) is 1.00. The molecule has 18 heavy (non-hydrogen) atoms. The van der Waals surface area contributed by atoms with Crippen LogP contribution in [0.3, 0.4) is 0 Å². The fourth-order valence-electron chi connectivity index (χ4n) is 2.16. The monoisotopic (exact) mass is 257 g/mol. The lowest BCUT2D eigenvalue weighted by Gasteiger charge is -2.23. The molecule has 0 fully saturated rings. The Morgan fingerprint density at radius 3 is 2.22 bits per heavy atom. The number of nitrogens with one attached hydrogen (secondary N) is 1. The Hall–Kier alpha value is -0.0800. The van der Waals surface area contributed by atoms with Crippen LogP contribution in [0, 0.1) is 23.7 Å². The summed E-state index contributed by atoms with van der Waals surface area (Å²) in [5.41, 5.74) is 0. The highest BCUT2D eigenvalue weighted by molar-refractivity contribution is 4.67. The molecule has 3 unspecified atom stereocenters. The van der Waals surface area contributed by atoms with E-state index in [0.29, 0.717) is 5.92 Å². The first-order chi connectivity index (χ1) is 8.47. The van der Waals surface area contributed by atoms with Gasteiger partial charge in [0.25, 0.3) is 0 Å². The Morgan fingerprint density at radius 2 is 1.67 bits per heavy atom. The topological polar surface area (TPSA) is 21.3 Å². The van der Waals surface area contributed by atoms with Crippen molar-refractivity contribution in [1.82, 2.24) is 5.32 Å². The van der Waals surface area contributed by atoms with Gasteiger partial charge < -0.3 is 10.1 Å². The van der Waals surface area contributed by atoms with Crippen LogP contribution in [0.25, 0.3) is 0 Å². The van der Waals surface area contributed by atoms with Crippen LogP contribution in [0.5, 0.6) is 0 Å². The predicted octanol–water partition coefficient (Wildman–Crippen LogP) is 3.96.